The Morgan fingerprint density at radius 3 is 2.59 bits per heavy atom. The van der Waals surface area contributed by atoms with Crippen molar-refractivity contribution in [1.29, 1.82) is 0 Å². The average molecular weight is 298 g/mol. The van der Waals surface area contributed by atoms with Crippen LogP contribution in [0.25, 0.3) is 16.9 Å². The van der Waals surface area contributed by atoms with Crippen LogP contribution in [0.3, 0.4) is 0 Å². The molecule has 0 aliphatic heterocycles. The van der Waals surface area contributed by atoms with Crippen LogP contribution in [0.4, 0.5) is 0 Å². The highest BCUT2D eigenvalue weighted by Crippen LogP contribution is 2.38. The van der Waals surface area contributed by atoms with Crippen molar-refractivity contribution in [3.05, 3.63) is 42.7 Å². The first-order valence-electron chi connectivity index (χ1n) is 7.01. The van der Waals surface area contributed by atoms with E-state index in [0.717, 1.165) is 22.8 Å². The lowest BCUT2D eigenvalue weighted by atomic mass is 9.91. The minimum absolute atomic E-state index is 0.214. The minimum atomic E-state index is -0.214. The predicted molar refractivity (Wildman–Crippen MR) is 82.1 cm³/mol. The largest absolute Gasteiger partial charge is 0.496 e. The summed E-state index contributed by atoms with van der Waals surface area (Å²) in [5, 5.41) is 8.51. The predicted octanol–water partition coefficient (Wildman–Crippen LogP) is 3.23. The first kappa shape index (κ1) is 14.3. The number of hydrogen-bond acceptors (Lipinski definition) is 5. The summed E-state index contributed by atoms with van der Waals surface area (Å²) in [6.45, 7) is 6.21. The van der Waals surface area contributed by atoms with Crippen molar-refractivity contribution in [3.63, 3.8) is 0 Å². The molecule has 0 saturated carbocycles. The van der Waals surface area contributed by atoms with E-state index in [4.69, 9.17) is 9.26 Å². The summed E-state index contributed by atoms with van der Waals surface area (Å²) in [4.78, 5) is 4.03. The third-order valence-electron chi connectivity index (χ3n) is 3.36. The van der Waals surface area contributed by atoms with Gasteiger partial charge in [-0.15, -0.1) is 0 Å². The highest BCUT2D eigenvalue weighted by Gasteiger charge is 2.30. The van der Waals surface area contributed by atoms with E-state index in [1.165, 1.54) is 6.33 Å². The number of rotatable bonds is 3. The molecule has 6 heteroatoms. The van der Waals surface area contributed by atoms with Crippen LogP contribution in [0.15, 0.2) is 41.4 Å². The van der Waals surface area contributed by atoms with Crippen LogP contribution in [0.1, 0.15) is 26.5 Å². The topological polar surface area (TPSA) is 66.0 Å². The van der Waals surface area contributed by atoms with Gasteiger partial charge in [-0.1, -0.05) is 38.1 Å². The van der Waals surface area contributed by atoms with Gasteiger partial charge in [0, 0.05) is 11.0 Å². The van der Waals surface area contributed by atoms with Crippen LogP contribution in [-0.2, 0) is 5.41 Å². The Kier molecular flexibility index (Phi) is 3.44. The number of benzene rings is 1. The van der Waals surface area contributed by atoms with Crippen LogP contribution in [0, 0.1) is 0 Å². The quantitative estimate of drug-likeness (QED) is 0.742. The molecule has 0 aliphatic carbocycles. The summed E-state index contributed by atoms with van der Waals surface area (Å²) in [5.74, 6) is 1.48. The second-order valence-electron chi connectivity index (χ2n) is 6.00. The van der Waals surface area contributed by atoms with Crippen molar-refractivity contribution in [2.24, 2.45) is 0 Å². The molecule has 0 spiro atoms. The van der Waals surface area contributed by atoms with Crippen LogP contribution >= 0.6 is 0 Å². The summed E-state index contributed by atoms with van der Waals surface area (Å²) < 4.78 is 12.8. The Morgan fingerprint density at radius 2 is 1.95 bits per heavy atom. The van der Waals surface area contributed by atoms with Crippen molar-refractivity contribution < 1.29 is 9.26 Å². The molecular weight excluding hydrogens is 280 g/mol. The van der Waals surface area contributed by atoms with E-state index >= 15 is 0 Å². The second kappa shape index (κ2) is 5.29. The fourth-order valence-corrected chi connectivity index (χ4v) is 2.33. The van der Waals surface area contributed by atoms with Gasteiger partial charge in [-0.3, -0.25) is 0 Å². The summed E-state index contributed by atoms with van der Waals surface area (Å²) in [5.41, 5.74) is 2.12. The number of aromatic nitrogens is 4. The molecular formula is C16H18N4O2. The smallest absolute Gasteiger partial charge is 0.168 e. The van der Waals surface area contributed by atoms with Crippen molar-refractivity contribution in [2.75, 3.05) is 7.11 Å². The van der Waals surface area contributed by atoms with Crippen LogP contribution < -0.4 is 4.74 Å². The Hall–Kier alpha value is -2.63. The van der Waals surface area contributed by atoms with E-state index in [1.54, 1.807) is 18.1 Å². The van der Waals surface area contributed by atoms with Gasteiger partial charge in [0.25, 0.3) is 0 Å². The zero-order valence-corrected chi connectivity index (χ0v) is 13.1. The molecule has 0 N–H and O–H groups in total. The summed E-state index contributed by atoms with van der Waals surface area (Å²) in [6, 6.07) is 7.70. The van der Waals surface area contributed by atoms with E-state index in [-0.39, 0.29) is 5.41 Å². The summed E-state index contributed by atoms with van der Waals surface area (Å²) >= 11 is 0. The Balaban J connectivity index is 2.27. The van der Waals surface area contributed by atoms with E-state index in [9.17, 15) is 0 Å². The molecule has 2 heterocycles. The molecule has 0 atom stereocenters. The van der Waals surface area contributed by atoms with Gasteiger partial charge >= 0.3 is 0 Å². The molecule has 0 bridgehead atoms. The van der Waals surface area contributed by atoms with Crippen LogP contribution in [-0.4, -0.2) is 27.0 Å². The maximum atomic E-state index is 5.64. The molecule has 0 unspecified atom stereocenters. The first-order chi connectivity index (χ1) is 10.5. The number of methoxy groups -OCH3 is 1. The van der Waals surface area contributed by atoms with Gasteiger partial charge in [0.05, 0.1) is 7.11 Å². The molecule has 0 amide bonds. The molecule has 22 heavy (non-hydrogen) atoms. The summed E-state index contributed by atoms with van der Waals surface area (Å²) in [7, 11) is 1.64. The molecule has 0 radical (unpaired) electrons. The Morgan fingerprint density at radius 1 is 1.18 bits per heavy atom. The van der Waals surface area contributed by atoms with E-state index in [0.29, 0.717) is 5.69 Å². The highest BCUT2D eigenvalue weighted by atomic mass is 16.5. The van der Waals surface area contributed by atoms with Crippen molar-refractivity contribution in [1.82, 2.24) is 19.9 Å². The molecule has 2 aromatic heterocycles. The maximum Gasteiger partial charge on any atom is 0.168 e. The lowest BCUT2D eigenvalue weighted by Crippen LogP contribution is -2.14. The van der Waals surface area contributed by atoms with Gasteiger partial charge in [0.15, 0.2) is 5.76 Å². The summed E-state index contributed by atoms with van der Waals surface area (Å²) in [6.07, 6.45) is 3.13. The minimum Gasteiger partial charge on any atom is -0.496 e. The lowest BCUT2D eigenvalue weighted by Gasteiger charge is -2.16. The van der Waals surface area contributed by atoms with Gasteiger partial charge in [0.1, 0.15) is 29.8 Å². The number of ether oxygens (including phenoxy) is 1. The van der Waals surface area contributed by atoms with Crippen molar-refractivity contribution >= 4 is 0 Å². The molecule has 114 valence electrons. The number of nitrogens with zero attached hydrogens (tertiary/aromatic N) is 4. The average Bonchev–Trinajstić information content (AvgIpc) is 3.15. The van der Waals surface area contributed by atoms with E-state index in [2.05, 4.69) is 36.0 Å². The van der Waals surface area contributed by atoms with Gasteiger partial charge in [-0.2, -0.15) is 5.10 Å². The van der Waals surface area contributed by atoms with Crippen molar-refractivity contribution in [2.45, 2.75) is 26.2 Å². The number of para-hydroxylation sites is 1. The highest BCUT2D eigenvalue weighted by molar-refractivity contribution is 5.75. The molecule has 1 aromatic carbocycles. The molecule has 0 aliphatic rings. The number of hydrogen-bond donors (Lipinski definition) is 0. The second-order valence-corrected chi connectivity index (χ2v) is 6.00. The van der Waals surface area contributed by atoms with Gasteiger partial charge in [-0.25, -0.2) is 9.67 Å². The molecule has 3 aromatic rings. The molecule has 0 fully saturated rings. The van der Waals surface area contributed by atoms with Gasteiger partial charge in [0.2, 0.25) is 0 Å². The third kappa shape index (κ3) is 2.36. The third-order valence-corrected chi connectivity index (χ3v) is 3.36. The van der Waals surface area contributed by atoms with E-state index < -0.39 is 0 Å². The Bertz CT molecular complexity index is 770. The fourth-order valence-electron chi connectivity index (χ4n) is 2.33. The zero-order chi connectivity index (χ0) is 15.7. The first-order valence-corrected chi connectivity index (χ1v) is 7.01. The van der Waals surface area contributed by atoms with E-state index in [1.807, 2.05) is 24.3 Å². The van der Waals surface area contributed by atoms with Gasteiger partial charge in [-0.05, 0) is 12.1 Å². The Labute approximate surface area is 128 Å². The van der Waals surface area contributed by atoms with Crippen LogP contribution in [0.5, 0.6) is 5.75 Å². The maximum absolute atomic E-state index is 5.64. The van der Waals surface area contributed by atoms with Crippen LogP contribution in [0.2, 0.25) is 0 Å². The normalized spacial score (nSPS) is 11.6. The molecule has 0 saturated heterocycles. The fraction of sp³-hybridized carbons (Fsp3) is 0.312. The monoisotopic (exact) mass is 298 g/mol. The molecule has 3 rings (SSSR count). The standard InChI is InChI=1S/C16H18N4O2/c1-16(2,3)15-14(20-10-17-9-18-20)13(19-22-15)11-7-5-6-8-12(11)21-4/h5-10H,1-4H3. The van der Waals surface area contributed by atoms with Gasteiger partial charge < -0.3 is 9.26 Å². The lowest BCUT2D eigenvalue weighted by molar-refractivity contribution is 0.329. The zero-order valence-electron chi connectivity index (χ0n) is 13.1. The SMILES string of the molecule is COc1ccccc1-c1noc(C(C)(C)C)c1-n1cncn1. The molecule has 6 nitrogen and oxygen atoms in total. The van der Waals surface area contributed by atoms with Crippen molar-refractivity contribution in [3.8, 4) is 22.7 Å².